The zero-order chi connectivity index (χ0) is 20.7. The van der Waals surface area contributed by atoms with Gasteiger partial charge in [-0.05, 0) is 62.6 Å². The Morgan fingerprint density at radius 2 is 1.68 bits per heavy atom. The Kier molecular flexibility index (Phi) is 7.38. The molecule has 0 aliphatic rings. The van der Waals surface area contributed by atoms with Gasteiger partial charge in [0.1, 0.15) is 11.8 Å². The molecule has 2 atom stereocenters. The van der Waals surface area contributed by atoms with E-state index in [-0.39, 0.29) is 17.9 Å². The van der Waals surface area contributed by atoms with Gasteiger partial charge in [0.2, 0.25) is 11.8 Å². The third-order valence-electron chi connectivity index (χ3n) is 4.56. The van der Waals surface area contributed by atoms with Gasteiger partial charge in [-0.15, -0.1) is 0 Å². The Morgan fingerprint density at radius 1 is 1.00 bits per heavy atom. The number of benzene rings is 2. The van der Waals surface area contributed by atoms with Gasteiger partial charge in [0.05, 0.1) is 13.2 Å². The average Bonchev–Trinajstić information content (AvgIpc) is 2.68. The summed E-state index contributed by atoms with van der Waals surface area (Å²) in [5, 5.41) is 5.66. The number of nitrogens with one attached hydrogen (secondary N) is 2. The maximum absolute atomic E-state index is 12.4. The van der Waals surface area contributed by atoms with Gasteiger partial charge in [-0.1, -0.05) is 35.9 Å². The molecule has 5 nitrogen and oxygen atoms in total. The van der Waals surface area contributed by atoms with Gasteiger partial charge < -0.3 is 15.4 Å². The molecular weight excluding hydrogens is 352 g/mol. The van der Waals surface area contributed by atoms with Gasteiger partial charge in [-0.3, -0.25) is 9.59 Å². The fourth-order valence-electron chi connectivity index (χ4n) is 2.86. The molecule has 0 aliphatic carbocycles. The highest BCUT2D eigenvalue weighted by Gasteiger charge is 2.18. The fourth-order valence-corrected chi connectivity index (χ4v) is 2.86. The molecule has 0 spiro atoms. The van der Waals surface area contributed by atoms with Gasteiger partial charge >= 0.3 is 0 Å². The maximum atomic E-state index is 12.4. The molecule has 2 unspecified atom stereocenters. The van der Waals surface area contributed by atoms with E-state index >= 15 is 0 Å². The van der Waals surface area contributed by atoms with Gasteiger partial charge in [-0.25, -0.2) is 0 Å². The summed E-state index contributed by atoms with van der Waals surface area (Å²) in [7, 11) is 1.60. The smallest absolute Gasteiger partial charge is 0.244 e. The molecule has 5 heteroatoms. The molecule has 0 aliphatic heterocycles. The molecule has 0 fully saturated rings. The van der Waals surface area contributed by atoms with Crippen LogP contribution in [0.5, 0.6) is 5.75 Å². The number of hydrogen-bond acceptors (Lipinski definition) is 3. The van der Waals surface area contributed by atoms with Crippen molar-refractivity contribution in [1.82, 2.24) is 10.6 Å². The molecule has 2 aromatic carbocycles. The molecule has 0 aromatic heterocycles. The van der Waals surface area contributed by atoms with Crippen molar-refractivity contribution in [3.63, 3.8) is 0 Å². The van der Waals surface area contributed by atoms with E-state index in [0.717, 1.165) is 28.0 Å². The second kappa shape index (κ2) is 9.74. The zero-order valence-corrected chi connectivity index (χ0v) is 17.1. The van der Waals surface area contributed by atoms with Crippen LogP contribution in [0.3, 0.4) is 0 Å². The largest absolute Gasteiger partial charge is 0.497 e. The van der Waals surface area contributed by atoms with E-state index in [1.54, 1.807) is 20.1 Å². The highest BCUT2D eigenvalue weighted by molar-refractivity contribution is 5.95. The van der Waals surface area contributed by atoms with Crippen molar-refractivity contribution in [3.8, 4) is 5.75 Å². The molecule has 2 amide bonds. The third kappa shape index (κ3) is 5.98. The predicted octanol–water partition coefficient (Wildman–Crippen LogP) is 3.71. The molecule has 0 saturated carbocycles. The van der Waals surface area contributed by atoms with E-state index in [1.807, 2.05) is 57.2 Å². The van der Waals surface area contributed by atoms with E-state index in [2.05, 4.69) is 16.7 Å². The number of hydrogen-bond donors (Lipinski definition) is 2. The first-order valence-electron chi connectivity index (χ1n) is 9.30. The van der Waals surface area contributed by atoms with Crippen molar-refractivity contribution in [3.05, 3.63) is 70.8 Å². The molecule has 2 aromatic rings. The van der Waals surface area contributed by atoms with Crippen molar-refractivity contribution in [2.45, 2.75) is 39.8 Å². The zero-order valence-electron chi connectivity index (χ0n) is 17.1. The Balaban J connectivity index is 1.90. The summed E-state index contributed by atoms with van der Waals surface area (Å²) in [5.74, 6) is 0.210. The van der Waals surface area contributed by atoms with Gasteiger partial charge in [0, 0.05) is 6.08 Å². The summed E-state index contributed by atoms with van der Waals surface area (Å²) in [6.45, 7) is 7.66. The number of rotatable bonds is 7. The summed E-state index contributed by atoms with van der Waals surface area (Å²) in [6, 6.07) is 12.7. The van der Waals surface area contributed by atoms with E-state index in [4.69, 9.17) is 4.74 Å². The highest BCUT2D eigenvalue weighted by atomic mass is 16.5. The summed E-state index contributed by atoms with van der Waals surface area (Å²) in [6.07, 6.45) is 3.11. The molecule has 28 heavy (non-hydrogen) atoms. The Hall–Kier alpha value is -3.08. The highest BCUT2D eigenvalue weighted by Crippen LogP contribution is 2.19. The van der Waals surface area contributed by atoms with Crippen molar-refractivity contribution >= 4 is 17.9 Å². The van der Waals surface area contributed by atoms with E-state index < -0.39 is 6.04 Å². The van der Waals surface area contributed by atoms with Crippen LogP contribution >= 0.6 is 0 Å². The number of aryl methyl sites for hydroxylation is 2. The lowest BCUT2D eigenvalue weighted by molar-refractivity contribution is -0.127. The lowest BCUT2D eigenvalue weighted by Crippen LogP contribution is -2.45. The van der Waals surface area contributed by atoms with Gasteiger partial charge in [-0.2, -0.15) is 0 Å². The average molecular weight is 380 g/mol. The Morgan fingerprint density at radius 3 is 2.32 bits per heavy atom. The SMILES string of the molecule is COc1ccc(/C=C/C(=O)NC(C)C(=O)NC(C)c2cc(C)ccc2C)cc1. The van der Waals surface area contributed by atoms with Crippen LogP contribution in [0.25, 0.3) is 6.08 Å². The fraction of sp³-hybridized carbons (Fsp3) is 0.304. The number of carbonyl (C=O) groups is 2. The minimum Gasteiger partial charge on any atom is -0.497 e. The summed E-state index contributed by atoms with van der Waals surface area (Å²) >= 11 is 0. The molecule has 2 N–H and O–H groups in total. The monoisotopic (exact) mass is 380 g/mol. The first-order valence-corrected chi connectivity index (χ1v) is 9.30. The molecule has 2 rings (SSSR count). The minimum atomic E-state index is -0.638. The second-order valence-electron chi connectivity index (χ2n) is 6.93. The number of methoxy groups -OCH3 is 1. The third-order valence-corrected chi connectivity index (χ3v) is 4.56. The standard InChI is InChI=1S/C23H28N2O3/c1-15-6-7-16(2)21(14-15)17(3)25-23(27)18(4)24-22(26)13-10-19-8-11-20(28-5)12-9-19/h6-14,17-18H,1-5H3,(H,24,26)(H,25,27)/b13-10+. The first-order chi connectivity index (χ1) is 13.3. The van der Waals surface area contributed by atoms with Crippen molar-refractivity contribution < 1.29 is 14.3 Å². The first kappa shape index (κ1) is 21.2. The molecule has 0 bridgehead atoms. The van der Waals surface area contributed by atoms with Crippen LogP contribution < -0.4 is 15.4 Å². The number of carbonyl (C=O) groups excluding carboxylic acids is 2. The van der Waals surface area contributed by atoms with E-state index in [0.29, 0.717) is 0 Å². The van der Waals surface area contributed by atoms with Crippen molar-refractivity contribution in [2.75, 3.05) is 7.11 Å². The van der Waals surface area contributed by atoms with E-state index in [1.165, 1.54) is 6.08 Å². The quantitative estimate of drug-likeness (QED) is 0.720. The van der Waals surface area contributed by atoms with Crippen molar-refractivity contribution in [1.29, 1.82) is 0 Å². The molecule has 148 valence electrons. The van der Waals surface area contributed by atoms with E-state index in [9.17, 15) is 9.59 Å². The van der Waals surface area contributed by atoms with Crippen LogP contribution in [-0.2, 0) is 9.59 Å². The lowest BCUT2D eigenvalue weighted by Gasteiger charge is -2.20. The van der Waals surface area contributed by atoms with Crippen LogP contribution in [0.4, 0.5) is 0 Å². The molecule has 0 radical (unpaired) electrons. The maximum Gasteiger partial charge on any atom is 0.244 e. The Labute approximate surface area is 166 Å². The Bertz CT molecular complexity index is 857. The van der Waals surface area contributed by atoms with Crippen molar-refractivity contribution in [2.24, 2.45) is 0 Å². The minimum absolute atomic E-state index is 0.137. The summed E-state index contributed by atoms with van der Waals surface area (Å²) < 4.78 is 5.10. The normalized spacial score (nSPS) is 13.0. The summed E-state index contributed by atoms with van der Waals surface area (Å²) in [5.41, 5.74) is 4.21. The molecule has 0 saturated heterocycles. The van der Waals surface area contributed by atoms with Crippen LogP contribution in [0.2, 0.25) is 0 Å². The van der Waals surface area contributed by atoms with Crippen LogP contribution in [0.1, 0.15) is 42.1 Å². The number of ether oxygens (including phenoxy) is 1. The molecule has 0 heterocycles. The molecular formula is C23H28N2O3. The van der Waals surface area contributed by atoms with Crippen LogP contribution in [0.15, 0.2) is 48.5 Å². The van der Waals surface area contributed by atoms with Crippen LogP contribution in [0, 0.1) is 13.8 Å². The summed E-state index contributed by atoms with van der Waals surface area (Å²) in [4.78, 5) is 24.5. The van der Waals surface area contributed by atoms with Gasteiger partial charge in [0.15, 0.2) is 0 Å². The number of amides is 2. The second-order valence-corrected chi connectivity index (χ2v) is 6.93. The van der Waals surface area contributed by atoms with Crippen LogP contribution in [-0.4, -0.2) is 25.0 Å². The predicted molar refractivity (Wildman–Crippen MR) is 112 cm³/mol. The topological polar surface area (TPSA) is 67.4 Å². The van der Waals surface area contributed by atoms with Gasteiger partial charge in [0.25, 0.3) is 0 Å². The lowest BCUT2D eigenvalue weighted by atomic mass is 10.00.